The molecule has 0 aliphatic heterocycles. The number of rotatable bonds is 5. The van der Waals surface area contributed by atoms with Crippen LogP contribution >= 0.6 is 12.8 Å². The van der Waals surface area contributed by atoms with Crippen molar-refractivity contribution in [3.8, 4) is 5.75 Å². The van der Waals surface area contributed by atoms with E-state index in [1.807, 2.05) is 48.5 Å². The summed E-state index contributed by atoms with van der Waals surface area (Å²) < 4.78 is 7.83. The molecular formula is C18H22N4O2S. The van der Waals surface area contributed by atoms with E-state index in [2.05, 4.69) is 32.8 Å². The third-order valence-electron chi connectivity index (χ3n) is 3.27. The lowest BCUT2D eigenvalue weighted by Crippen LogP contribution is -2.15. The number of anilines is 2. The van der Waals surface area contributed by atoms with Gasteiger partial charge >= 0.3 is 0 Å². The van der Waals surface area contributed by atoms with Gasteiger partial charge in [-0.3, -0.25) is 4.72 Å². The number of benzene rings is 2. The maximum absolute atomic E-state index is 8.44. The number of hydrogen-bond acceptors (Lipinski definition) is 7. The van der Waals surface area contributed by atoms with E-state index in [0.717, 1.165) is 28.2 Å². The van der Waals surface area contributed by atoms with Crippen LogP contribution in [-0.4, -0.2) is 34.8 Å². The number of ether oxygens (including phenoxy) is 1. The molecule has 25 heavy (non-hydrogen) atoms. The molecule has 7 heteroatoms. The Morgan fingerprint density at radius 2 is 1.88 bits per heavy atom. The van der Waals surface area contributed by atoms with E-state index < -0.39 is 0 Å². The maximum Gasteiger partial charge on any atom is 0.145 e. The number of thiol groups is 1. The van der Waals surface area contributed by atoms with Crippen LogP contribution in [0.5, 0.6) is 5.75 Å². The molecule has 0 spiro atoms. The topological polar surface area (TPSA) is 79.3 Å². The van der Waals surface area contributed by atoms with Gasteiger partial charge in [-0.1, -0.05) is 37.1 Å². The second-order valence-corrected chi connectivity index (χ2v) is 5.60. The van der Waals surface area contributed by atoms with Gasteiger partial charge in [-0.25, -0.2) is 9.97 Å². The van der Waals surface area contributed by atoms with Crippen LogP contribution in [0.1, 0.15) is 6.92 Å². The molecule has 1 unspecified atom stereocenters. The minimum absolute atomic E-state index is 0.289. The lowest BCUT2D eigenvalue weighted by molar-refractivity contribution is 0.200. The third kappa shape index (κ3) is 5.60. The van der Waals surface area contributed by atoms with Gasteiger partial charge in [0.1, 0.15) is 23.4 Å². The zero-order chi connectivity index (χ0) is 18.1. The maximum atomic E-state index is 8.44. The van der Waals surface area contributed by atoms with Crippen molar-refractivity contribution in [1.29, 1.82) is 0 Å². The molecule has 6 nitrogen and oxygen atoms in total. The Morgan fingerprint density at radius 1 is 1.12 bits per heavy atom. The summed E-state index contributed by atoms with van der Waals surface area (Å²) >= 11 is 3.65. The Bertz CT molecular complexity index is 784. The molecule has 0 bridgehead atoms. The first-order valence-electron chi connectivity index (χ1n) is 7.80. The lowest BCUT2D eigenvalue weighted by atomic mass is 10.2. The van der Waals surface area contributed by atoms with Gasteiger partial charge in [-0.2, -0.15) is 0 Å². The predicted molar refractivity (Wildman–Crippen MR) is 104 cm³/mol. The number of methoxy groups -OCH3 is 1. The van der Waals surface area contributed by atoms with Crippen molar-refractivity contribution in [2.45, 2.75) is 13.0 Å². The predicted octanol–water partition coefficient (Wildman–Crippen LogP) is 3.18. The molecular weight excluding hydrogens is 336 g/mol. The van der Waals surface area contributed by atoms with Gasteiger partial charge in [0.05, 0.1) is 13.2 Å². The zero-order valence-electron chi connectivity index (χ0n) is 14.2. The summed E-state index contributed by atoms with van der Waals surface area (Å²) in [6.45, 7) is 2.24. The fraction of sp³-hybridized carbons (Fsp3) is 0.222. The van der Waals surface area contributed by atoms with Crippen molar-refractivity contribution in [2.75, 3.05) is 19.0 Å². The number of nitrogens with zero attached hydrogens (tertiary/aromatic N) is 2. The Kier molecular flexibility index (Phi) is 7.46. The highest BCUT2D eigenvalue weighted by Crippen LogP contribution is 2.28. The molecule has 0 radical (unpaired) electrons. The number of aliphatic hydroxyl groups is 1. The van der Waals surface area contributed by atoms with Crippen LogP contribution in [0.3, 0.4) is 0 Å². The first-order valence-corrected chi connectivity index (χ1v) is 8.25. The Hall–Kier alpha value is -2.35. The van der Waals surface area contributed by atoms with E-state index in [-0.39, 0.29) is 6.10 Å². The molecule has 1 aromatic heterocycles. The number of fused-ring (bicyclic) bond motifs is 1. The van der Waals surface area contributed by atoms with Crippen molar-refractivity contribution >= 4 is 35.2 Å². The molecule has 0 saturated carbocycles. The summed E-state index contributed by atoms with van der Waals surface area (Å²) in [6, 6.07) is 15.7. The van der Waals surface area contributed by atoms with Gasteiger partial charge in [-0.05, 0) is 31.2 Å². The van der Waals surface area contributed by atoms with E-state index in [1.165, 1.54) is 6.33 Å². The van der Waals surface area contributed by atoms with E-state index in [1.54, 1.807) is 14.0 Å². The summed E-state index contributed by atoms with van der Waals surface area (Å²) in [5.41, 5.74) is 1.80. The number of nitrogens with one attached hydrogen (secondary N) is 2. The molecule has 132 valence electrons. The smallest absolute Gasteiger partial charge is 0.145 e. The fourth-order valence-electron chi connectivity index (χ4n) is 2.12. The first kappa shape index (κ1) is 19.0. The van der Waals surface area contributed by atoms with Crippen molar-refractivity contribution in [2.24, 2.45) is 0 Å². The largest absolute Gasteiger partial charge is 0.494 e. The van der Waals surface area contributed by atoms with Crippen molar-refractivity contribution in [3.05, 3.63) is 54.9 Å². The lowest BCUT2D eigenvalue weighted by Gasteiger charge is -2.09. The number of hydrogen-bond donors (Lipinski definition) is 4. The quantitative estimate of drug-likeness (QED) is 0.525. The van der Waals surface area contributed by atoms with Crippen molar-refractivity contribution < 1.29 is 9.84 Å². The van der Waals surface area contributed by atoms with E-state index in [9.17, 15) is 0 Å². The van der Waals surface area contributed by atoms with Crippen LogP contribution in [0.2, 0.25) is 0 Å². The van der Waals surface area contributed by atoms with E-state index in [0.29, 0.717) is 6.54 Å². The summed E-state index contributed by atoms with van der Waals surface area (Å²) in [7, 11) is 1.64. The number of aliphatic hydroxyl groups excluding tert-OH is 1. The number of para-hydroxylation sites is 2. The van der Waals surface area contributed by atoms with Gasteiger partial charge < -0.3 is 15.2 Å². The standard InChI is InChI=1S/C15H13N3O.C3H9NOS/c1-19-13-9-5-8-12-14(13)16-10-17-15(12)18-11-6-3-2-4-7-11;1-3(5)2-4-6/h2-10H,1H3,(H,16,17,18);3-6H,2H2,1H3. The van der Waals surface area contributed by atoms with Crippen molar-refractivity contribution in [1.82, 2.24) is 14.7 Å². The van der Waals surface area contributed by atoms with Crippen LogP contribution in [0.25, 0.3) is 10.9 Å². The Morgan fingerprint density at radius 3 is 2.48 bits per heavy atom. The van der Waals surface area contributed by atoms with E-state index >= 15 is 0 Å². The molecule has 0 fully saturated rings. The number of aromatic nitrogens is 2. The molecule has 0 aliphatic rings. The summed E-state index contributed by atoms with van der Waals surface area (Å²) in [5, 5.41) is 12.7. The highest BCUT2D eigenvalue weighted by atomic mass is 32.1. The van der Waals surface area contributed by atoms with Crippen molar-refractivity contribution in [3.63, 3.8) is 0 Å². The molecule has 0 amide bonds. The van der Waals surface area contributed by atoms with E-state index in [4.69, 9.17) is 9.84 Å². The molecule has 3 N–H and O–H groups in total. The van der Waals surface area contributed by atoms with Crippen LogP contribution in [0.15, 0.2) is 54.9 Å². The van der Waals surface area contributed by atoms with Crippen LogP contribution < -0.4 is 14.8 Å². The SMILES string of the molecule is CC(O)CNS.COc1cccc2c(Nc3ccccc3)ncnc12. The van der Waals surface area contributed by atoms with Gasteiger partial charge in [0, 0.05) is 17.6 Å². The average Bonchev–Trinajstić information content (AvgIpc) is 2.63. The third-order valence-corrected chi connectivity index (χ3v) is 3.45. The summed E-state index contributed by atoms with van der Waals surface area (Å²) in [4.78, 5) is 8.58. The highest BCUT2D eigenvalue weighted by molar-refractivity contribution is 7.78. The normalized spacial score (nSPS) is 11.4. The molecule has 1 atom stereocenters. The van der Waals surface area contributed by atoms with Gasteiger partial charge in [0.15, 0.2) is 0 Å². The minimum Gasteiger partial charge on any atom is -0.494 e. The second-order valence-electron chi connectivity index (χ2n) is 5.28. The van der Waals surface area contributed by atoms with Gasteiger partial charge in [-0.15, -0.1) is 0 Å². The molecule has 0 aliphatic carbocycles. The first-order chi connectivity index (χ1) is 12.2. The monoisotopic (exact) mass is 358 g/mol. The molecule has 3 aromatic rings. The van der Waals surface area contributed by atoms with Crippen LogP contribution in [0, 0.1) is 0 Å². The van der Waals surface area contributed by atoms with Gasteiger partial charge in [0.25, 0.3) is 0 Å². The van der Waals surface area contributed by atoms with Gasteiger partial charge in [0.2, 0.25) is 0 Å². The summed E-state index contributed by atoms with van der Waals surface area (Å²) in [6.07, 6.45) is 1.25. The highest BCUT2D eigenvalue weighted by Gasteiger charge is 2.07. The van der Waals surface area contributed by atoms with Crippen LogP contribution in [0.4, 0.5) is 11.5 Å². The summed E-state index contributed by atoms with van der Waals surface area (Å²) in [5.74, 6) is 1.52. The molecule has 3 rings (SSSR count). The minimum atomic E-state index is -0.289. The van der Waals surface area contributed by atoms with Crippen LogP contribution in [-0.2, 0) is 0 Å². The second kappa shape index (κ2) is 9.83. The fourth-order valence-corrected chi connectivity index (χ4v) is 2.38. The molecule has 1 heterocycles. The molecule has 0 saturated heterocycles. The molecule has 2 aromatic carbocycles. The Labute approximate surface area is 152 Å². The zero-order valence-corrected chi connectivity index (χ0v) is 15.1. The average molecular weight is 358 g/mol. The Balaban J connectivity index is 0.000000326.